The van der Waals surface area contributed by atoms with E-state index in [1.807, 2.05) is 50.3 Å². The summed E-state index contributed by atoms with van der Waals surface area (Å²) in [5.41, 5.74) is 1.09. The quantitative estimate of drug-likeness (QED) is 0.896. The van der Waals surface area contributed by atoms with Crippen molar-refractivity contribution in [3.05, 3.63) is 29.3 Å². The highest BCUT2D eigenvalue weighted by Gasteiger charge is 2.06. The first-order chi connectivity index (χ1) is 8.69. The van der Waals surface area contributed by atoms with E-state index in [1.54, 1.807) is 0 Å². The Morgan fingerprint density at radius 3 is 2.89 bits per heavy atom. The first-order valence-electron chi connectivity index (χ1n) is 5.61. The van der Waals surface area contributed by atoms with Gasteiger partial charge in [-0.25, -0.2) is 0 Å². The third kappa shape index (κ3) is 3.18. The summed E-state index contributed by atoms with van der Waals surface area (Å²) in [6.45, 7) is 0.707. The van der Waals surface area contributed by atoms with Crippen LogP contribution in [0.3, 0.4) is 0 Å². The first kappa shape index (κ1) is 12.8. The number of anilines is 1. The minimum Gasteiger partial charge on any atom is -0.430 e. The molecule has 0 atom stereocenters. The fraction of sp³-hybridized carbons (Fsp3) is 0.333. The molecule has 0 aliphatic carbocycles. The number of hydrogen-bond acceptors (Lipinski definition) is 6. The van der Waals surface area contributed by atoms with Crippen LogP contribution in [0.25, 0.3) is 0 Å². The van der Waals surface area contributed by atoms with Gasteiger partial charge in [0.2, 0.25) is 0 Å². The van der Waals surface area contributed by atoms with Crippen LogP contribution in [0.1, 0.15) is 5.01 Å². The van der Waals surface area contributed by atoms with Gasteiger partial charge in [0.05, 0.1) is 0 Å². The molecule has 0 saturated heterocycles. The normalized spacial score (nSPS) is 10.4. The molecule has 6 heteroatoms. The lowest BCUT2D eigenvalue weighted by molar-refractivity contribution is 0.473. The van der Waals surface area contributed by atoms with Crippen LogP contribution in [-0.4, -0.2) is 31.3 Å². The SMILES string of the molecule is CNCc1nnc(Oc2cccc(N(C)C)c2)s1. The molecule has 0 aliphatic heterocycles. The zero-order valence-electron chi connectivity index (χ0n) is 10.7. The zero-order valence-corrected chi connectivity index (χ0v) is 11.5. The van der Waals surface area contributed by atoms with Crippen LogP contribution >= 0.6 is 11.3 Å². The molecule has 18 heavy (non-hydrogen) atoms. The van der Waals surface area contributed by atoms with E-state index in [4.69, 9.17) is 4.74 Å². The largest absolute Gasteiger partial charge is 0.430 e. The summed E-state index contributed by atoms with van der Waals surface area (Å²) in [6.07, 6.45) is 0. The maximum Gasteiger partial charge on any atom is 0.299 e. The molecular weight excluding hydrogens is 248 g/mol. The summed E-state index contributed by atoms with van der Waals surface area (Å²) in [5.74, 6) is 0.772. The number of rotatable bonds is 5. The van der Waals surface area contributed by atoms with E-state index in [2.05, 4.69) is 15.5 Å². The molecular formula is C12H16N4OS. The van der Waals surface area contributed by atoms with Gasteiger partial charge in [-0.3, -0.25) is 0 Å². The Balaban J connectivity index is 2.10. The molecule has 0 spiro atoms. The van der Waals surface area contributed by atoms with E-state index in [9.17, 15) is 0 Å². The lowest BCUT2D eigenvalue weighted by Gasteiger charge is -2.12. The molecule has 2 aromatic rings. The van der Waals surface area contributed by atoms with Crippen molar-refractivity contribution in [2.24, 2.45) is 0 Å². The molecule has 0 saturated carbocycles. The molecule has 0 fully saturated rings. The fourth-order valence-corrected chi connectivity index (χ4v) is 2.15. The van der Waals surface area contributed by atoms with Crippen molar-refractivity contribution in [3.63, 3.8) is 0 Å². The van der Waals surface area contributed by atoms with Crippen molar-refractivity contribution in [2.75, 3.05) is 26.0 Å². The van der Waals surface area contributed by atoms with Gasteiger partial charge in [0.1, 0.15) is 10.8 Å². The summed E-state index contributed by atoms with van der Waals surface area (Å²) in [7, 11) is 5.87. The fourth-order valence-electron chi connectivity index (χ4n) is 1.43. The number of ether oxygens (including phenoxy) is 1. The number of nitrogens with zero attached hydrogens (tertiary/aromatic N) is 3. The van der Waals surface area contributed by atoms with Gasteiger partial charge in [0.15, 0.2) is 0 Å². The Morgan fingerprint density at radius 2 is 2.17 bits per heavy atom. The van der Waals surface area contributed by atoms with Crippen LogP contribution in [0, 0.1) is 0 Å². The highest BCUT2D eigenvalue weighted by atomic mass is 32.1. The van der Waals surface area contributed by atoms with Gasteiger partial charge >= 0.3 is 0 Å². The van der Waals surface area contributed by atoms with Gasteiger partial charge < -0.3 is 15.0 Å². The van der Waals surface area contributed by atoms with Gasteiger partial charge in [-0.05, 0) is 19.2 Å². The van der Waals surface area contributed by atoms with Crippen LogP contribution in [0.15, 0.2) is 24.3 Å². The van der Waals surface area contributed by atoms with Gasteiger partial charge in [-0.15, -0.1) is 5.10 Å². The average Bonchev–Trinajstić information content (AvgIpc) is 2.77. The molecule has 96 valence electrons. The highest BCUT2D eigenvalue weighted by molar-refractivity contribution is 7.13. The smallest absolute Gasteiger partial charge is 0.299 e. The number of nitrogens with one attached hydrogen (secondary N) is 1. The molecule has 1 aromatic heterocycles. The summed E-state index contributed by atoms with van der Waals surface area (Å²) < 4.78 is 5.69. The van der Waals surface area contributed by atoms with Crippen LogP contribution in [-0.2, 0) is 6.54 Å². The third-order valence-electron chi connectivity index (χ3n) is 2.32. The molecule has 0 unspecified atom stereocenters. The second kappa shape index (κ2) is 5.79. The van der Waals surface area contributed by atoms with Crippen molar-refractivity contribution >= 4 is 17.0 Å². The van der Waals surface area contributed by atoms with Gasteiger partial charge in [0, 0.05) is 32.4 Å². The van der Waals surface area contributed by atoms with Gasteiger partial charge in [-0.1, -0.05) is 22.5 Å². The van der Waals surface area contributed by atoms with E-state index in [-0.39, 0.29) is 0 Å². The Hall–Kier alpha value is -1.66. The van der Waals surface area contributed by atoms with Crippen LogP contribution in [0.2, 0.25) is 0 Å². The first-order valence-corrected chi connectivity index (χ1v) is 6.43. The van der Waals surface area contributed by atoms with Crippen molar-refractivity contribution in [3.8, 4) is 10.9 Å². The van der Waals surface area contributed by atoms with Crippen LogP contribution in [0.5, 0.6) is 10.9 Å². The lowest BCUT2D eigenvalue weighted by Crippen LogP contribution is -2.08. The molecule has 0 bridgehead atoms. The van der Waals surface area contributed by atoms with Crippen molar-refractivity contribution in [2.45, 2.75) is 6.54 Å². The zero-order chi connectivity index (χ0) is 13.0. The van der Waals surface area contributed by atoms with Crippen LogP contribution in [0.4, 0.5) is 5.69 Å². The van der Waals surface area contributed by atoms with Crippen molar-refractivity contribution in [1.82, 2.24) is 15.5 Å². The minimum atomic E-state index is 0.566. The molecule has 1 aromatic carbocycles. The van der Waals surface area contributed by atoms with Crippen molar-refractivity contribution < 1.29 is 4.74 Å². The minimum absolute atomic E-state index is 0.566. The number of benzene rings is 1. The van der Waals surface area contributed by atoms with E-state index < -0.39 is 0 Å². The molecule has 2 rings (SSSR count). The standard InChI is InChI=1S/C12H16N4OS/c1-13-8-11-14-15-12(18-11)17-10-6-4-5-9(7-10)16(2)3/h4-7,13H,8H2,1-3H3. The summed E-state index contributed by atoms with van der Waals surface area (Å²) >= 11 is 1.45. The molecule has 0 aliphatic rings. The molecule has 5 nitrogen and oxygen atoms in total. The maximum atomic E-state index is 5.69. The Labute approximate surface area is 110 Å². The number of hydrogen-bond donors (Lipinski definition) is 1. The average molecular weight is 264 g/mol. The monoisotopic (exact) mass is 264 g/mol. The number of aromatic nitrogens is 2. The van der Waals surface area contributed by atoms with E-state index in [1.165, 1.54) is 11.3 Å². The van der Waals surface area contributed by atoms with E-state index >= 15 is 0 Å². The van der Waals surface area contributed by atoms with Crippen LogP contribution < -0.4 is 15.0 Å². The predicted octanol–water partition coefficient (Wildman–Crippen LogP) is 2.12. The van der Waals surface area contributed by atoms with E-state index in [0.717, 1.165) is 16.4 Å². The molecule has 1 N–H and O–H groups in total. The Bertz CT molecular complexity index is 512. The Kier molecular flexibility index (Phi) is 4.11. The van der Waals surface area contributed by atoms with Gasteiger partial charge in [0.25, 0.3) is 5.19 Å². The van der Waals surface area contributed by atoms with Gasteiger partial charge in [-0.2, -0.15) is 0 Å². The molecule has 1 heterocycles. The summed E-state index contributed by atoms with van der Waals surface area (Å²) in [4.78, 5) is 2.03. The van der Waals surface area contributed by atoms with E-state index in [0.29, 0.717) is 11.7 Å². The van der Waals surface area contributed by atoms with Crippen molar-refractivity contribution in [1.29, 1.82) is 0 Å². The predicted molar refractivity (Wildman–Crippen MR) is 73.5 cm³/mol. The third-order valence-corrected chi connectivity index (χ3v) is 3.12. The second-order valence-corrected chi connectivity index (χ2v) is 5.01. The topological polar surface area (TPSA) is 50.3 Å². The second-order valence-electron chi connectivity index (χ2n) is 3.99. The molecule has 0 amide bonds. The summed E-state index contributed by atoms with van der Waals surface area (Å²) in [6, 6.07) is 7.87. The summed E-state index contributed by atoms with van der Waals surface area (Å²) in [5, 5.41) is 12.5. The maximum absolute atomic E-state index is 5.69. The lowest BCUT2D eigenvalue weighted by atomic mass is 10.3. The molecule has 0 radical (unpaired) electrons. The Morgan fingerprint density at radius 1 is 1.33 bits per heavy atom. The highest BCUT2D eigenvalue weighted by Crippen LogP contribution is 2.27.